The molecule has 0 aliphatic carbocycles. The standard InChI is InChI=1S/C25H25Cl2N3O2/c26-19-11-13-20(14-12-19)31-17-5-15-29-22-8-2-3-9-23(22)30(25(29)28)16-6-18-32-24-10-4-1-7-21(24)27/h1-4,7-14,28H,5-6,15-18H2. The zero-order chi connectivity index (χ0) is 22.3. The molecule has 0 amide bonds. The first kappa shape index (κ1) is 22.3. The molecule has 0 saturated carbocycles. The number of para-hydroxylation sites is 3. The average molecular weight is 470 g/mol. The lowest BCUT2D eigenvalue weighted by atomic mass is 10.3. The summed E-state index contributed by atoms with van der Waals surface area (Å²) >= 11 is 12.1. The number of nitrogens with one attached hydrogen (secondary N) is 1. The Kier molecular flexibility index (Phi) is 7.40. The maximum absolute atomic E-state index is 8.74. The van der Waals surface area contributed by atoms with Crippen LogP contribution in [0, 0.1) is 5.41 Å². The fraction of sp³-hybridized carbons (Fsp3) is 0.240. The topological polar surface area (TPSA) is 52.2 Å². The van der Waals surface area contributed by atoms with Crippen LogP contribution in [0.25, 0.3) is 11.0 Å². The summed E-state index contributed by atoms with van der Waals surface area (Å²) in [4.78, 5) is 0. The lowest BCUT2D eigenvalue weighted by Crippen LogP contribution is -2.26. The molecule has 5 nitrogen and oxygen atoms in total. The highest BCUT2D eigenvalue weighted by atomic mass is 35.5. The second-order valence-corrected chi connectivity index (χ2v) is 8.25. The molecule has 7 heteroatoms. The Morgan fingerprint density at radius 1 is 0.688 bits per heavy atom. The van der Waals surface area contributed by atoms with E-state index in [0.29, 0.717) is 47.7 Å². The Hall–Kier alpha value is -2.89. The van der Waals surface area contributed by atoms with Crippen LogP contribution in [0.5, 0.6) is 11.5 Å². The largest absolute Gasteiger partial charge is 0.494 e. The quantitative estimate of drug-likeness (QED) is 0.282. The molecule has 1 heterocycles. The molecule has 4 rings (SSSR count). The molecular weight excluding hydrogens is 445 g/mol. The SMILES string of the molecule is N=c1n(CCCOc2ccc(Cl)cc2)c2ccccc2n1CCCOc1ccccc1Cl. The fourth-order valence-corrected chi connectivity index (χ4v) is 3.97. The average Bonchev–Trinajstić information content (AvgIpc) is 3.07. The number of aromatic nitrogens is 2. The number of halogens is 2. The fourth-order valence-electron chi connectivity index (χ4n) is 3.66. The minimum Gasteiger partial charge on any atom is -0.494 e. The molecule has 4 aromatic rings. The van der Waals surface area contributed by atoms with Gasteiger partial charge in [0.25, 0.3) is 0 Å². The molecule has 1 N–H and O–H groups in total. The number of imidazole rings is 1. The number of benzene rings is 3. The minimum absolute atomic E-state index is 0.482. The van der Waals surface area contributed by atoms with Crippen molar-refractivity contribution in [2.45, 2.75) is 25.9 Å². The summed E-state index contributed by atoms with van der Waals surface area (Å²) < 4.78 is 15.7. The van der Waals surface area contributed by atoms with Crippen molar-refractivity contribution in [1.82, 2.24) is 9.13 Å². The summed E-state index contributed by atoms with van der Waals surface area (Å²) in [5.41, 5.74) is 2.58. The predicted molar refractivity (Wildman–Crippen MR) is 129 cm³/mol. The van der Waals surface area contributed by atoms with E-state index in [-0.39, 0.29) is 0 Å². The van der Waals surface area contributed by atoms with Gasteiger partial charge >= 0.3 is 0 Å². The van der Waals surface area contributed by atoms with Gasteiger partial charge in [0.15, 0.2) is 0 Å². The van der Waals surface area contributed by atoms with Gasteiger partial charge in [0.1, 0.15) is 11.5 Å². The number of hydrogen-bond acceptors (Lipinski definition) is 3. The summed E-state index contributed by atoms with van der Waals surface area (Å²) in [6, 6.07) is 23.0. The molecule has 166 valence electrons. The third-order valence-corrected chi connectivity index (χ3v) is 5.77. The van der Waals surface area contributed by atoms with Gasteiger partial charge in [0.2, 0.25) is 5.62 Å². The van der Waals surface area contributed by atoms with Crippen LogP contribution in [-0.2, 0) is 13.1 Å². The highest BCUT2D eigenvalue weighted by molar-refractivity contribution is 6.32. The molecule has 0 aliphatic rings. The lowest BCUT2D eigenvalue weighted by Gasteiger charge is -2.09. The molecule has 0 aliphatic heterocycles. The molecule has 1 aromatic heterocycles. The first-order chi connectivity index (χ1) is 15.6. The first-order valence-electron chi connectivity index (χ1n) is 10.6. The van der Waals surface area contributed by atoms with Crippen molar-refractivity contribution in [2.24, 2.45) is 0 Å². The Labute approximate surface area is 197 Å². The van der Waals surface area contributed by atoms with E-state index in [1.807, 2.05) is 69.8 Å². The third kappa shape index (κ3) is 5.29. The summed E-state index contributed by atoms with van der Waals surface area (Å²) in [6.07, 6.45) is 1.57. The third-order valence-electron chi connectivity index (χ3n) is 5.20. The Bertz CT molecular complexity index is 1230. The van der Waals surface area contributed by atoms with Crippen molar-refractivity contribution >= 4 is 34.2 Å². The van der Waals surface area contributed by atoms with Crippen LogP contribution in [0.15, 0.2) is 72.8 Å². The molecule has 32 heavy (non-hydrogen) atoms. The Balaban J connectivity index is 1.38. The predicted octanol–water partition coefficient (Wildman–Crippen LogP) is 6.17. The highest BCUT2D eigenvalue weighted by Crippen LogP contribution is 2.23. The second-order valence-electron chi connectivity index (χ2n) is 7.40. The van der Waals surface area contributed by atoms with Crippen LogP contribution in [0.4, 0.5) is 0 Å². The molecule has 0 fully saturated rings. The number of hydrogen-bond donors (Lipinski definition) is 1. The summed E-state index contributed by atoms with van der Waals surface area (Å²) in [5.74, 6) is 1.49. The zero-order valence-electron chi connectivity index (χ0n) is 17.6. The van der Waals surface area contributed by atoms with Crippen LogP contribution in [0.3, 0.4) is 0 Å². The van der Waals surface area contributed by atoms with Crippen LogP contribution < -0.4 is 15.1 Å². The van der Waals surface area contributed by atoms with Crippen molar-refractivity contribution in [3.8, 4) is 11.5 Å². The van der Waals surface area contributed by atoms with E-state index in [0.717, 1.165) is 29.6 Å². The summed E-state index contributed by atoms with van der Waals surface area (Å²) in [5, 5.41) is 10.0. The van der Waals surface area contributed by atoms with Crippen molar-refractivity contribution in [3.63, 3.8) is 0 Å². The van der Waals surface area contributed by atoms with E-state index < -0.39 is 0 Å². The first-order valence-corrected chi connectivity index (χ1v) is 11.4. The van der Waals surface area contributed by atoms with Gasteiger partial charge in [-0.05, 0) is 61.4 Å². The van der Waals surface area contributed by atoms with Crippen molar-refractivity contribution in [1.29, 1.82) is 5.41 Å². The number of nitrogens with zero attached hydrogens (tertiary/aromatic N) is 2. The molecule has 0 radical (unpaired) electrons. The van der Waals surface area contributed by atoms with Gasteiger partial charge in [0.05, 0.1) is 29.3 Å². The number of ether oxygens (including phenoxy) is 2. The molecule has 0 spiro atoms. The highest BCUT2D eigenvalue weighted by Gasteiger charge is 2.10. The van der Waals surface area contributed by atoms with E-state index in [2.05, 4.69) is 12.1 Å². The van der Waals surface area contributed by atoms with Crippen molar-refractivity contribution in [3.05, 3.63) is 88.5 Å². The van der Waals surface area contributed by atoms with E-state index in [1.54, 1.807) is 0 Å². The van der Waals surface area contributed by atoms with E-state index in [1.165, 1.54) is 0 Å². The van der Waals surface area contributed by atoms with Gasteiger partial charge in [-0.3, -0.25) is 5.41 Å². The number of aryl methyl sites for hydroxylation is 2. The summed E-state index contributed by atoms with van der Waals surface area (Å²) in [6.45, 7) is 2.50. The van der Waals surface area contributed by atoms with Crippen LogP contribution in [-0.4, -0.2) is 22.3 Å². The van der Waals surface area contributed by atoms with Gasteiger partial charge in [-0.1, -0.05) is 47.5 Å². The molecular formula is C25H25Cl2N3O2. The monoisotopic (exact) mass is 469 g/mol. The molecule has 0 saturated heterocycles. The second kappa shape index (κ2) is 10.6. The van der Waals surface area contributed by atoms with Crippen LogP contribution >= 0.6 is 23.2 Å². The Morgan fingerprint density at radius 3 is 1.88 bits per heavy atom. The molecule has 0 unspecified atom stereocenters. The normalized spacial score (nSPS) is 11.1. The van der Waals surface area contributed by atoms with E-state index in [9.17, 15) is 0 Å². The molecule has 0 bridgehead atoms. The summed E-state index contributed by atoms with van der Waals surface area (Å²) in [7, 11) is 0. The van der Waals surface area contributed by atoms with Gasteiger partial charge in [-0.15, -0.1) is 0 Å². The van der Waals surface area contributed by atoms with Crippen molar-refractivity contribution in [2.75, 3.05) is 13.2 Å². The van der Waals surface area contributed by atoms with Gasteiger partial charge in [-0.2, -0.15) is 0 Å². The lowest BCUT2D eigenvalue weighted by molar-refractivity contribution is 0.297. The maximum atomic E-state index is 8.74. The number of fused-ring (bicyclic) bond motifs is 1. The zero-order valence-corrected chi connectivity index (χ0v) is 19.1. The molecule has 3 aromatic carbocycles. The number of rotatable bonds is 10. The van der Waals surface area contributed by atoms with Gasteiger partial charge < -0.3 is 18.6 Å². The maximum Gasteiger partial charge on any atom is 0.202 e. The van der Waals surface area contributed by atoms with E-state index in [4.69, 9.17) is 38.1 Å². The van der Waals surface area contributed by atoms with E-state index >= 15 is 0 Å². The Morgan fingerprint density at radius 2 is 1.25 bits per heavy atom. The minimum atomic E-state index is 0.482. The van der Waals surface area contributed by atoms with Crippen LogP contribution in [0.1, 0.15) is 12.8 Å². The smallest absolute Gasteiger partial charge is 0.202 e. The van der Waals surface area contributed by atoms with Crippen molar-refractivity contribution < 1.29 is 9.47 Å². The van der Waals surface area contributed by atoms with Crippen LogP contribution in [0.2, 0.25) is 10.0 Å². The van der Waals surface area contributed by atoms with Gasteiger partial charge in [-0.25, -0.2) is 0 Å². The van der Waals surface area contributed by atoms with Gasteiger partial charge in [0, 0.05) is 18.1 Å². The molecule has 0 atom stereocenters.